The summed E-state index contributed by atoms with van der Waals surface area (Å²) in [5.74, 6) is 1.01. The van der Waals surface area contributed by atoms with Gasteiger partial charge in [-0.3, -0.25) is 4.79 Å². The lowest BCUT2D eigenvalue weighted by molar-refractivity contribution is -0.126. The van der Waals surface area contributed by atoms with Gasteiger partial charge in [0.1, 0.15) is 11.6 Å². The predicted molar refractivity (Wildman–Crippen MR) is 161 cm³/mol. The minimum atomic E-state index is -0.364. The van der Waals surface area contributed by atoms with Crippen LogP contribution in [0, 0.1) is 12.7 Å². The van der Waals surface area contributed by atoms with Crippen molar-refractivity contribution in [3.8, 4) is 11.1 Å². The molecule has 6 rings (SSSR count). The van der Waals surface area contributed by atoms with E-state index in [0.29, 0.717) is 64.1 Å². The van der Waals surface area contributed by atoms with Crippen molar-refractivity contribution in [3.63, 3.8) is 0 Å². The highest BCUT2D eigenvalue weighted by Crippen LogP contribution is 2.43. The number of piperazine rings is 1. The van der Waals surface area contributed by atoms with Gasteiger partial charge in [-0.1, -0.05) is 29.5 Å². The molecular formula is C28H30ClFN8OS. The van der Waals surface area contributed by atoms with Crippen LogP contribution in [0.2, 0.25) is 5.02 Å². The molecule has 2 N–H and O–H groups in total. The molecule has 0 aliphatic carbocycles. The Labute approximate surface area is 240 Å². The van der Waals surface area contributed by atoms with Crippen LogP contribution in [0.4, 0.5) is 21.3 Å². The number of hydrogen-bond donors (Lipinski definition) is 1. The number of nitrogens with zero attached hydrogens (tertiary/aromatic N) is 7. The van der Waals surface area contributed by atoms with Gasteiger partial charge in [-0.2, -0.15) is 4.98 Å². The van der Waals surface area contributed by atoms with E-state index in [-0.39, 0.29) is 11.7 Å². The van der Waals surface area contributed by atoms with Crippen molar-refractivity contribution in [2.45, 2.75) is 13.0 Å². The van der Waals surface area contributed by atoms with Gasteiger partial charge in [0.05, 0.1) is 15.7 Å². The number of carbonyl (C=O) groups excluding carboxylic acids is 1. The molecule has 2 fully saturated rings. The number of amides is 1. The normalized spacial score (nSPS) is 16.3. The molecule has 0 radical (unpaired) electrons. The zero-order valence-electron chi connectivity index (χ0n) is 22.6. The Bertz CT molecular complexity index is 1660. The summed E-state index contributed by atoms with van der Waals surface area (Å²) in [7, 11) is 4.15. The lowest BCUT2D eigenvalue weighted by Crippen LogP contribution is -2.58. The van der Waals surface area contributed by atoms with E-state index in [9.17, 15) is 9.18 Å². The third-order valence-electron chi connectivity index (χ3n) is 7.88. The number of aryl methyl sites for hydroxylation is 1. The minimum absolute atomic E-state index is 0.0694. The molecule has 2 aromatic carbocycles. The van der Waals surface area contributed by atoms with E-state index in [1.165, 1.54) is 12.1 Å². The quantitative estimate of drug-likeness (QED) is 0.352. The average Bonchev–Trinajstić information content (AvgIpc) is 3.31. The van der Waals surface area contributed by atoms with Gasteiger partial charge in [0, 0.05) is 66.8 Å². The molecule has 9 nitrogen and oxygen atoms in total. The second-order valence-corrected chi connectivity index (χ2v) is 11.9. The molecule has 40 heavy (non-hydrogen) atoms. The summed E-state index contributed by atoms with van der Waals surface area (Å²) in [4.78, 5) is 35.1. The zero-order chi connectivity index (χ0) is 28.3. The summed E-state index contributed by atoms with van der Waals surface area (Å²) in [6.07, 6.45) is 1.35. The number of anilines is 3. The number of nitrogens with two attached hydrogens (primary N) is 1. The molecule has 208 valence electrons. The first-order valence-electron chi connectivity index (χ1n) is 13.1. The van der Waals surface area contributed by atoms with Gasteiger partial charge in [0.15, 0.2) is 5.13 Å². The third kappa shape index (κ3) is 4.42. The van der Waals surface area contributed by atoms with Crippen LogP contribution in [0.1, 0.15) is 5.56 Å². The zero-order valence-corrected chi connectivity index (χ0v) is 24.2. The van der Waals surface area contributed by atoms with Gasteiger partial charge in [0.2, 0.25) is 11.9 Å². The molecule has 0 saturated carbocycles. The molecule has 0 atom stereocenters. The highest BCUT2D eigenvalue weighted by molar-refractivity contribution is 7.22. The molecule has 0 spiro atoms. The molecule has 4 heterocycles. The first-order chi connectivity index (χ1) is 19.2. The molecule has 2 saturated heterocycles. The maximum absolute atomic E-state index is 14.6. The number of thiazole rings is 1. The van der Waals surface area contributed by atoms with Crippen LogP contribution in [0.5, 0.6) is 0 Å². The monoisotopic (exact) mass is 580 g/mol. The lowest BCUT2D eigenvalue weighted by atomic mass is 9.96. The Hall–Kier alpha value is -3.54. The fourth-order valence-corrected chi connectivity index (χ4v) is 6.60. The van der Waals surface area contributed by atoms with Crippen LogP contribution in [0.25, 0.3) is 32.2 Å². The van der Waals surface area contributed by atoms with Crippen molar-refractivity contribution in [1.82, 2.24) is 24.8 Å². The maximum Gasteiger partial charge on any atom is 0.246 e. The largest absolute Gasteiger partial charge is 0.375 e. The van der Waals surface area contributed by atoms with Crippen LogP contribution >= 0.6 is 22.9 Å². The minimum Gasteiger partial charge on any atom is -0.375 e. The van der Waals surface area contributed by atoms with Gasteiger partial charge >= 0.3 is 0 Å². The summed E-state index contributed by atoms with van der Waals surface area (Å²) in [6.45, 7) is 9.65. The van der Waals surface area contributed by atoms with E-state index in [4.69, 9.17) is 27.3 Å². The number of rotatable bonds is 5. The smallest absolute Gasteiger partial charge is 0.246 e. The fourth-order valence-electron chi connectivity index (χ4n) is 5.48. The molecule has 0 bridgehead atoms. The fraction of sp³-hybridized carbons (Fsp3) is 0.357. The van der Waals surface area contributed by atoms with E-state index in [1.54, 1.807) is 11.0 Å². The van der Waals surface area contributed by atoms with Gasteiger partial charge < -0.3 is 25.3 Å². The van der Waals surface area contributed by atoms with Gasteiger partial charge in [-0.15, -0.1) is 0 Å². The topological polar surface area (TPSA) is 94.7 Å². The van der Waals surface area contributed by atoms with Crippen LogP contribution in [0.15, 0.2) is 30.9 Å². The van der Waals surface area contributed by atoms with Crippen LogP contribution in [-0.4, -0.2) is 90.1 Å². The van der Waals surface area contributed by atoms with Crippen molar-refractivity contribution in [2.24, 2.45) is 0 Å². The summed E-state index contributed by atoms with van der Waals surface area (Å²) < 4.78 is 15.0. The Balaban J connectivity index is 1.50. The number of aromatic nitrogens is 3. The van der Waals surface area contributed by atoms with Gasteiger partial charge in [0.25, 0.3) is 0 Å². The summed E-state index contributed by atoms with van der Waals surface area (Å²) in [5, 5.41) is 1.63. The summed E-state index contributed by atoms with van der Waals surface area (Å²) >= 11 is 8.09. The van der Waals surface area contributed by atoms with E-state index in [0.717, 1.165) is 52.3 Å². The van der Waals surface area contributed by atoms with Gasteiger partial charge in [-0.05, 0) is 50.9 Å². The number of carbonyl (C=O) groups is 1. The molecule has 2 aliphatic rings. The van der Waals surface area contributed by atoms with Crippen LogP contribution < -0.4 is 15.5 Å². The lowest BCUT2D eigenvalue weighted by Gasteiger charge is -2.43. The van der Waals surface area contributed by atoms with Crippen molar-refractivity contribution in [2.75, 3.05) is 68.9 Å². The van der Waals surface area contributed by atoms with Gasteiger partial charge in [-0.25, -0.2) is 14.4 Å². The summed E-state index contributed by atoms with van der Waals surface area (Å²) in [5.41, 5.74) is 9.54. The Kier molecular flexibility index (Phi) is 6.76. The number of nitrogen functional groups attached to an aromatic ring is 1. The standard InChI is InChI=1S/C28H30ClFN8OS/c1-5-21(39)36-8-10-37(11-9-36)26-18-12-19(29)22(17-6-7-20(30)25-24(17)32-27(31)40-25)15(2)23(18)33-28(34-26)38-13-16(14-38)35(3)4/h5-7,12,16H,1,8-11,13-14H2,2-4H3,(H2,31,32). The SMILES string of the molecule is C=CC(=O)N1CCN(c2nc(N3CC(N(C)C)C3)nc3c(C)c(-c4ccc(F)c5sc(N)nc45)c(Cl)cc23)CC1. The first kappa shape index (κ1) is 26.7. The third-order valence-corrected chi connectivity index (χ3v) is 9.07. The molecule has 2 aromatic heterocycles. The predicted octanol–water partition coefficient (Wildman–Crippen LogP) is 4.17. The number of benzene rings is 2. The Morgan fingerprint density at radius 1 is 1.15 bits per heavy atom. The molecular weight excluding hydrogens is 551 g/mol. The summed E-state index contributed by atoms with van der Waals surface area (Å²) in [6, 6.07) is 5.45. The molecule has 0 unspecified atom stereocenters. The Morgan fingerprint density at radius 3 is 2.55 bits per heavy atom. The number of fused-ring (bicyclic) bond motifs is 2. The second-order valence-electron chi connectivity index (χ2n) is 10.5. The molecule has 1 amide bonds. The highest BCUT2D eigenvalue weighted by Gasteiger charge is 2.32. The number of halogens is 2. The van der Waals surface area contributed by atoms with E-state index in [2.05, 4.69) is 40.4 Å². The van der Waals surface area contributed by atoms with Crippen molar-refractivity contribution < 1.29 is 9.18 Å². The number of likely N-dealkylation sites (N-methyl/N-ethyl adjacent to an activating group) is 1. The Morgan fingerprint density at radius 2 is 1.88 bits per heavy atom. The van der Waals surface area contributed by atoms with Crippen molar-refractivity contribution in [1.29, 1.82) is 0 Å². The van der Waals surface area contributed by atoms with Crippen molar-refractivity contribution >= 4 is 66.9 Å². The van der Waals surface area contributed by atoms with E-state index < -0.39 is 0 Å². The molecule has 12 heteroatoms. The highest BCUT2D eigenvalue weighted by atomic mass is 35.5. The van der Waals surface area contributed by atoms with Crippen molar-refractivity contribution in [3.05, 3.63) is 47.3 Å². The van der Waals surface area contributed by atoms with Crippen LogP contribution in [0.3, 0.4) is 0 Å². The second kappa shape index (κ2) is 10.1. The number of hydrogen-bond acceptors (Lipinski definition) is 9. The molecule has 4 aromatic rings. The first-order valence-corrected chi connectivity index (χ1v) is 14.3. The van der Waals surface area contributed by atoms with Crippen LogP contribution in [-0.2, 0) is 4.79 Å². The maximum atomic E-state index is 14.6. The van der Waals surface area contributed by atoms with E-state index >= 15 is 0 Å². The molecule has 2 aliphatic heterocycles. The average molecular weight is 581 g/mol. The van der Waals surface area contributed by atoms with E-state index in [1.807, 2.05) is 13.0 Å².